The molecule has 0 fully saturated rings. The Morgan fingerprint density at radius 2 is 1.02 bits per heavy atom. The first-order chi connectivity index (χ1) is 41.9. The van der Waals surface area contributed by atoms with Gasteiger partial charge in [0.1, 0.15) is 60.1 Å². The fourth-order valence-corrected chi connectivity index (χ4v) is 10.7. The Labute approximate surface area is 543 Å². The lowest BCUT2D eigenvalue weighted by Gasteiger charge is -2.41. The number of carbonyl (C=O) groups excluding carboxylic acids is 11. The number of carbonyl (C=O) groups is 11. The van der Waals surface area contributed by atoms with Crippen LogP contribution in [0, 0.1) is 40.9 Å². The van der Waals surface area contributed by atoms with E-state index in [0.717, 1.165) is 14.7 Å². The second-order valence-electron chi connectivity index (χ2n) is 27.6. The number of aliphatic hydroxyl groups excluding tert-OH is 1. The summed E-state index contributed by atoms with van der Waals surface area (Å²) >= 11 is 0. The fraction of sp³-hybridized carbons (Fsp3) is 0.716. The zero-order chi connectivity index (χ0) is 70.6. The van der Waals surface area contributed by atoms with Crippen molar-refractivity contribution in [2.24, 2.45) is 46.7 Å². The molecule has 0 bridgehead atoms. The summed E-state index contributed by atoms with van der Waals surface area (Å²) in [5, 5.41) is 30.1. The van der Waals surface area contributed by atoms with E-state index in [1.165, 1.54) is 80.9 Å². The van der Waals surface area contributed by atoms with Gasteiger partial charge in [-0.2, -0.15) is 0 Å². The third kappa shape index (κ3) is 23.8. The number of rotatable bonds is 35. The predicted molar refractivity (Wildman–Crippen MR) is 352 cm³/mol. The third-order valence-electron chi connectivity index (χ3n) is 17.3. The molecule has 0 aromatic heterocycles. The fourth-order valence-electron chi connectivity index (χ4n) is 10.7. The zero-order valence-corrected chi connectivity index (χ0v) is 59.2. The van der Waals surface area contributed by atoms with Crippen LogP contribution in [0.3, 0.4) is 0 Å². The Balaban J connectivity index is 3.66. The highest BCUT2D eigenvalue weighted by molar-refractivity contribution is 5.99. The number of nitrogens with one attached hydrogen (secondary N) is 3. The van der Waals surface area contributed by atoms with E-state index in [0.29, 0.717) is 12.0 Å². The molecule has 0 aliphatic heterocycles. The Kier molecular flexibility index (Phi) is 33.1. The molecule has 1 rings (SSSR count). The average Bonchev–Trinajstić information content (AvgIpc) is 0.820. The molecule has 1 aromatic rings. The van der Waals surface area contributed by atoms with Crippen molar-refractivity contribution in [1.29, 1.82) is 0 Å². The van der Waals surface area contributed by atoms with Crippen LogP contribution in [0.2, 0.25) is 0 Å². The number of likely N-dealkylation sites (N-methyl/N-ethyl adjacent to an activating group) is 7. The van der Waals surface area contributed by atoms with Crippen molar-refractivity contribution in [1.82, 2.24) is 50.2 Å². The highest BCUT2D eigenvalue weighted by atomic mass is 16.3. The molecule has 91 heavy (non-hydrogen) atoms. The van der Waals surface area contributed by atoms with Gasteiger partial charge in [0.2, 0.25) is 65.0 Å². The molecule has 0 radical (unpaired) electrons. The number of allylic oxidation sites excluding steroid dienone is 2. The molecule has 0 aliphatic carbocycles. The van der Waals surface area contributed by atoms with Crippen molar-refractivity contribution in [2.45, 2.75) is 217 Å². The molecule has 1 aromatic carbocycles. The average molecular weight is 1280 g/mol. The first-order valence-corrected chi connectivity index (χ1v) is 32.0. The molecule has 0 aliphatic rings. The Morgan fingerprint density at radius 1 is 0.549 bits per heavy atom. The zero-order valence-electron chi connectivity index (χ0n) is 59.2. The van der Waals surface area contributed by atoms with Crippen molar-refractivity contribution < 1.29 is 63.0 Å². The van der Waals surface area contributed by atoms with E-state index >= 15 is 14.4 Å². The van der Waals surface area contributed by atoms with Gasteiger partial charge in [0.25, 0.3) is 0 Å². The number of amides is 11. The number of nitrogens with zero attached hydrogens (tertiary/aromatic N) is 7. The van der Waals surface area contributed by atoms with Crippen LogP contribution in [-0.2, 0) is 59.2 Å². The van der Waals surface area contributed by atoms with Gasteiger partial charge in [0.05, 0.1) is 12.6 Å². The summed E-state index contributed by atoms with van der Waals surface area (Å²) in [5.74, 6) is -9.04. The van der Waals surface area contributed by atoms with Gasteiger partial charge < -0.3 is 66.2 Å². The number of primary amides is 1. The normalized spacial score (nSPS) is 15.8. The van der Waals surface area contributed by atoms with Gasteiger partial charge >= 0.3 is 0 Å². The number of benzene rings is 1. The summed E-state index contributed by atoms with van der Waals surface area (Å²) in [4.78, 5) is 164. The van der Waals surface area contributed by atoms with E-state index in [-0.39, 0.29) is 66.9 Å². The molecule has 24 nitrogen and oxygen atoms in total. The minimum Gasteiger partial charge on any atom is -0.508 e. The van der Waals surface area contributed by atoms with Crippen molar-refractivity contribution in [3.8, 4) is 5.75 Å². The SMILES string of the molecule is C/C=C/C[C@@H](C)[C@H](O)C(C(=O)N[C@H](CC)C(=O)N(C)CC(=O)N(C)[C@@H](Cc1ccc(O)cc1)C(N)=O)N(C)C(=O)[C@H](C(C)C)N(C)C(=O)[C@@H](CC(C)C)N(C)C(=O)[C@@H](CC(C)C)N(C)C(=O)[C@H](C)NC(=O)C(CC(C)C)NC(=O)[C@H](C)N(C)C(=O)[C@H](C)C(C)(C)C. The van der Waals surface area contributed by atoms with E-state index in [4.69, 9.17) is 5.73 Å². The van der Waals surface area contributed by atoms with Gasteiger partial charge in [-0.1, -0.05) is 121 Å². The van der Waals surface area contributed by atoms with E-state index in [1.54, 1.807) is 79.8 Å². The Morgan fingerprint density at radius 3 is 1.47 bits per heavy atom. The lowest BCUT2D eigenvalue weighted by Crippen LogP contribution is -2.63. The maximum atomic E-state index is 15.2. The molecule has 0 saturated heterocycles. The molecule has 0 saturated carbocycles. The number of nitrogens with two attached hydrogens (primary N) is 1. The standard InChI is InChI=1S/C67H115N11O13/c1-25-27-28-42(11)56(81)55(60(85)70-48(26-2)63(88)72(18)37-53(80)74(20)50(57(68)82)36-46-29-31-47(79)32-30-46)78(24)66(91)54(41(9)10)77(23)65(90)52(35-40(7)8)76(22)64(89)51(34-39(5)6)75(21)62(87)44(13)69-59(84)49(33-38(3)4)71-58(83)45(14)73(19)61(86)43(12)67(15,16)17/h25,27,29-32,38-45,48-52,54-56,79,81H,26,28,33-37H2,1-24H3,(H2,68,82)(H,69,84)(H,70,85)(H,71,83)/b27-25+/t42-,43+,44+,45+,48-,49?,50+,51-,52-,54+,55?,56+/m1/s1. The van der Waals surface area contributed by atoms with Crippen molar-refractivity contribution in [3.63, 3.8) is 0 Å². The Hall–Kier alpha value is -7.11. The minimum absolute atomic E-state index is 0.0108. The van der Waals surface area contributed by atoms with Crippen LogP contribution in [0.15, 0.2) is 36.4 Å². The quantitative estimate of drug-likeness (QED) is 0.0521. The summed E-state index contributed by atoms with van der Waals surface area (Å²) in [7, 11) is 9.93. The van der Waals surface area contributed by atoms with Gasteiger partial charge in [-0.05, 0) is 106 Å². The molecule has 0 spiro atoms. The predicted octanol–water partition coefficient (Wildman–Crippen LogP) is 4.18. The number of phenolic OH excluding ortho intramolecular Hbond substituents is 1. The summed E-state index contributed by atoms with van der Waals surface area (Å²) in [6.07, 6.45) is 2.89. The summed E-state index contributed by atoms with van der Waals surface area (Å²) < 4.78 is 0. The number of hydrogen-bond acceptors (Lipinski definition) is 13. The highest BCUT2D eigenvalue weighted by Crippen LogP contribution is 2.28. The molecule has 12 atom stereocenters. The van der Waals surface area contributed by atoms with E-state index in [9.17, 15) is 48.6 Å². The van der Waals surface area contributed by atoms with E-state index in [2.05, 4.69) is 16.0 Å². The molecule has 24 heteroatoms. The number of hydrogen-bond donors (Lipinski definition) is 6. The van der Waals surface area contributed by atoms with Crippen LogP contribution in [0.1, 0.15) is 155 Å². The topological polar surface area (TPSA) is 313 Å². The highest BCUT2D eigenvalue weighted by Gasteiger charge is 2.45. The van der Waals surface area contributed by atoms with E-state index in [1.807, 2.05) is 62.3 Å². The monoisotopic (exact) mass is 1280 g/mol. The first kappa shape index (κ1) is 81.9. The van der Waals surface area contributed by atoms with Gasteiger partial charge in [-0.3, -0.25) is 52.7 Å². The van der Waals surface area contributed by atoms with Crippen LogP contribution in [-0.4, -0.2) is 226 Å². The van der Waals surface area contributed by atoms with Crippen molar-refractivity contribution in [2.75, 3.05) is 55.9 Å². The smallest absolute Gasteiger partial charge is 0.246 e. The van der Waals surface area contributed by atoms with Gasteiger partial charge in [0, 0.05) is 61.7 Å². The molecule has 516 valence electrons. The van der Waals surface area contributed by atoms with Crippen LogP contribution in [0.5, 0.6) is 5.75 Å². The second kappa shape index (κ2) is 36.8. The van der Waals surface area contributed by atoms with Crippen LogP contribution >= 0.6 is 0 Å². The largest absolute Gasteiger partial charge is 0.508 e. The molecule has 11 amide bonds. The summed E-state index contributed by atoms with van der Waals surface area (Å²) in [6.45, 7) is 29.9. The second-order valence-corrected chi connectivity index (χ2v) is 27.6. The first-order valence-electron chi connectivity index (χ1n) is 32.0. The lowest BCUT2D eigenvalue weighted by atomic mass is 9.81. The maximum Gasteiger partial charge on any atom is 0.246 e. The van der Waals surface area contributed by atoms with Gasteiger partial charge in [-0.15, -0.1) is 0 Å². The summed E-state index contributed by atoms with van der Waals surface area (Å²) in [6, 6.07) is -4.77. The van der Waals surface area contributed by atoms with Gasteiger partial charge in [-0.25, -0.2) is 0 Å². The minimum atomic E-state index is -1.63. The van der Waals surface area contributed by atoms with Gasteiger partial charge in [0.15, 0.2) is 0 Å². The molecular formula is C67H115N11O13. The third-order valence-corrected chi connectivity index (χ3v) is 17.3. The maximum absolute atomic E-state index is 15.2. The van der Waals surface area contributed by atoms with Crippen LogP contribution in [0.4, 0.5) is 0 Å². The van der Waals surface area contributed by atoms with Crippen molar-refractivity contribution >= 4 is 65.0 Å². The molecule has 0 heterocycles. The molecule has 2 unspecified atom stereocenters. The summed E-state index contributed by atoms with van der Waals surface area (Å²) in [5.41, 5.74) is 5.96. The lowest BCUT2D eigenvalue weighted by molar-refractivity contribution is -0.157. The van der Waals surface area contributed by atoms with Crippen LogP contribution in [0.25, 0.3) is 0 Å². The number of aromatic hydroxyl groups is 1. The van der Waals surface area contributed by atoms with Crippen LogP contribution < -0.4 is 21.7 Å². The molecular weight excluding hydrogens is 1170 g/mol. The number of aliphatic hydroxyl groups is 1. The number of phenols is 1. The van der Waals surface area contributed by atoms with Crippen molar-refractivity contribution in [3.05, 3.63) is 42.0 Å². The Bertz CT molecular complexity index is 2660. The molecule has 7 N–H and O–H groups in total. The van der Waals surface area contributed by atoms with E-state index < -0.39 is 144 Å².